The van der Waals surface area contributed by atoms with E-state index in [1.807, 2.05) is 0 Å². The first-order chi connectivity index (χ1) is 13.8. The number of nitrogens with zero attached hydrogens (tertiary/aromatic N) is 2. The van der Waals surface area contributed by atoms with Gasteiger partial charge in [0, 0.05) is 48.4 Å². The van der Waals surface area contributed by atoms with Gasteiger partial charge in [0.2, 0.25) is 11.8 Å². The Bertz CT molecular complexity index is 813. The molecule has 158 valence electrons. The summed E-state index contributed by atoms with van der Waals surface area (Å²) < 4.78 is 15.0. The molecule has 2 atom stereocenters. The highest BCUT2D eigenvalue weighted by molar-refractivity contribution is 9.10. The third-order valence-electron chi connectivity index (χ3n) is 4.53. The molecular formula is C20H26BrFN4O3. The number of hydrogen-bond donors (Lipinski definition) is 3. The predicted molar refractivity (Wildman–Crippen MR) is 114 cm³/mol. The smallest absolute Gasteiger partial charge is 0.234 e. The van der Waals surface area contributed by atoms with Crippen molar-refractivity contribution in [3.8, 4) is 0 Å². The Morgan fingerprint density at radius 2 is 2.07 bits per heavy atom. The Labute approximate surface area is 178 Å². The summed E-state index contributed by atoms with van der Waals surface area (Å²) >= 11 is 3.21. The zero-order valence-electron chi connectivity index (χ0n) is 16.5. The van der Waals surface area contributed by atoms with Crippen molar-refractivity contribution in [2.24, 2.45) is 21.8 Å². The topological polar surface area (TPSA) is 103 Å². The van der Waals surface area contributed by atoms with Crippen LogP contribution in [0, 0.1) is 17.7 Å². The number of hydrogen-bond acceptors (Lipinski definition) is 5. The molecule has 0 spiro atoms. The van der Waals surface area contributed by atoms with Gasteiger partial charge < -0.3 is 15.7 Å². The first-order valence-electron chi connectivity index (χ1n) is 9.53. The monoisotopic (exact) mass is 468 g/mol. The number of aliphatic imine (C=N–C) groups is 2. The Morgan fingerprint density at radius 3 is 2.66 bits per heavy atom. The summed E-state index contributed by atoms with van der Waals surface area (Å²) in [5.41, 5.74) is 1.14. The molecule has 1 aromatic rings. The largest absolute Gasteiger partial charge is 0.396 e. The van der Waals surface area contributed by atoms with Crippen LogP contribution in [-0.4, -0.2) is 54.6 Å². The van der Waals surface area contributed by atoms with Crippen LogP contribution in [0.2, 0.25) is 0 Å². The minimum atomic E-state index is -0.792. The van der Waals surface area contributed by atoms with Crippen LogP contribution in [-0.2, 0) is 9.59 Å². The molecule has 2 unspecified atom stereocenters. The van der Waals surface area contributed by atoms with Gasteiger partial charge in [-0.15, -0.1) is 0 Å². The average Bonchev–Trinajstić information content (AvgIpc) is 3.20. The second-order valence-electron chi connectivity index (χ2n) is 6.90. The van der Waals surface area contributed by atoms with Crippen molar-refractivity contribution in [2.45, 2.75) is 26.7 Å². The third-order valence-corrected chi connectivity index (χ3v) is 5.03. The molecule has 7 nitrogen and oxygen atoms in total. The normalized spacial score (nSPS) is 16.2. The molecule has 0 bridgehead atoms. The van der Waals surface area contributed by atoms with Crippen molar-refractivity contribution in [3.63, 3.8) is 0 Å². The van der Waals surface area contributed by atoms with E-state index in [0.29, 0.717) is 35.4 Å². The number of rotatable bonds is 9. The van der Waals surface area contributed by atoms with Crippen LogP contribution in [0.15, 0.2) is 32.7 Å². The van der Waals surface area contributed by atoms with Crippen molar-refractivity contribution in [1.82, 2.24) is 10.6 Å². The summed E-state index contributed by atoms with van der Waals surface area (Å²) in [6, 6.07) is 4.49. The number of aliphatic hydroxyl groups excluding tert-OH is 1. The molecule has 0 radical (unpaired) electrons. The lowest BCUT2D eigenvalue weighted by Crippen LogP contribution is -2.44. The van der Waals surface area contributed by atoms with E-state index in [1.165, 1.54) is 19.1 Å². The molecule has 0 saturated heterocycles. The molecule has 1 aromatic carbocycles. The van der Waals surface area contributed by atoms with Gasteiger partial charge >= 0.3 is 0 Å². The number of benzene rings is 1. The fraction of sp³-hybridized carbons (Fsp3) is 0.500. The summed E-state index contributed by atoms with van der Waals surface area (Å²) in [7, 11) is 0. The molecule has 2 amide bonds. The van der Waals surface area contributed by atoms with Crippen LogP contribution in [0.5, 0.6) is 0 Å². The van der Waals surface area contributed by atoms with Gasteiger partial charge in [0.1, 0.15) is 11.7 Å². The number of carbonyl (C=O) groups is 2. The maximum absolute atomic E-state index is 14.4. The lowest BCUT2D eigenvalue weighted by molar-refractivity contribution is -0.122. The lowest BCUT2D eigenvalue weighted by atomic mass is 9.87. The van der Waals surface area contributed by atoms with Gasteiger partial charge in [-0.25, -0.2) is 4.39 Å². The molecule has 0 aliphatic carbocycles. The van der Waals surface area contributed by atoms with E-state index in [-0.39, 0.29) is 30.7 Å². The summed E-state index contributed by atoms with van der Waals surface area (Å²) in [6.07, 6.45) is 1.47. The Hall–Kier alpha value is -2.13. The van der Waals surface area contributed by atoms with Gasteiger partial charge in [-0.1, -0.05) is 22.9 Å². The van der Waals surface area contributed by atoms with Crippen LogP contribution in [0.1, 0.15) is 26.7 Å². The minimum Gasteiger partial charge on any atom is -0.396 e. The zero-order valence-corrected chi connectivity index (χ0v) is 18.1. The van der Waals surface area contributed by atoms with Gasteiger partial charge in [0.25, 0.3) is 0 Å². The molecule has 1 aliphatic heterocycles. The van der Waals surface area contributed by atoms with E-state index in [1.54, 1.807) is 13.0 Å². The van der Waals surface area contributed by atoms with E-state index in [2.05, 4.69) is 36.5 Å². The Kier molecular flexibility index (Phi) is 8.91. The summed E-state index contributed by atoms with van der Waals surface area (Å²) in [5, 5.41) is 15.1. The highest BCUT2D eigenvalue weighted by Gasteiger charge is 2.33. The molecule has 0 aromatic heterocycles. The minimum absolute atomic E-state index is 0.0955. The maximum Gasteiger partial charge on any atom is 0.234 e. The second-order valence-corrected chi connectivity index (χ2v) is 7.82. The molecule has 0 saturated carbocycles. The number of amides is 2. The highest BCUT2D eigenvalue weighted by Crippen LogP contribution is 2.26. The number of halogens is 2. The molecule has 9 heteroatoms. The van der Waals surface area contributed by atoms with Crippen molar-refractivity contribution in [2.75, 3.05) is 26.2 Å². The van der Waals surface area contributed by atoms with E-state index >= 15 is 0 Å². The van der Waals surface area contributed by atoms with Gasteiger partial charge in [0.15, 0.2) is 0 Å². The standard InChI is InChI=1S/C20H26BrFN4O3/c1-12(11-27)19(26-16-6-5-14(21)10-15(16)22)18(17-4-3-7-24-17)20(29)25-9-8-23-13(2)28/h5-6,10,12,18,27H,3-4,7-9,11H2,1-2H3,(H,23,28)(H,25,29). The van der Waals surface area contributed by atoms with Crippen LogP contribution in [0.25, 0.3) is 0 Å². The van der Waals surface area contributed by atoms with E-state index in [0.717, 1.165) is 6.42 Å². The predicted octanol–water partition coefficient (Wildman–Crippen LogP) is 2.39. The zero-order chi connectivity index (χ0) is 21.4. The van der Waals surface area contributed by atoms with E-state index in [9.17, 15) is 19.1 Å². The maximum atomic E-state index is 14.4. The Morgan fingerprint density at radius 1 is 1.34 bits per heavy atom. The van der Waals surface area contributed by atoms with E-state index in [4.69, 9.17) is 0 Å². The molecular weight excluding hydrogens is 443 g/mol. The fourth-order valence-electron chi connectivity index (χ4n) is 3.04. The van der Waals surface area contributed by atoms with Crippen molar-refractivity contribution in [1.29, 1.82) is 0 Å². The first kappa shape index (κ1) is 23.2. The SMILES string of the molecule is CC(=O)NCCNC(=O)C(C1=NCCC1)C(=Nc1ccc(Br)cc1F)C(C)CO. The molecule has 1 aliphatic rings. The van der Waals surface area contributed by atoms with Crippen molar-refractivity contribution < 1.29 is 19.1 Å². The summed E-state index contributed by atoms with van der Waals surface area (Å²) in [6.45, 7) is 4.07. The van der Waals surface area contributed by atoms with E-state index < -0.39 is 17.7 Å². The summed E-state index contributed by atoms with van der Waals surface area (Å²) in [4.78, 5) is 32.9. The lowest BCUT2D eigenvalue weighted by Gasteiger charge is -2.23. The van der Waals surface area contributed by atoms with Gasteiger partial charge in [-0.3, -0.25) is 19.6 Å². The summed E-state index contributed by atoms with van der Waals surface area (Å²) in [5.74, 6) is -2.29. The quantitative estimate of drug-likeness (QED) is 0.382. The second kappa shape index (κ2) is 11.2. The number of aliphatic hydroxyl groups is 1. The van der Waals surface area contributed by atoms with Crippen LogP contribution in [0.4, 0.5) is 10.1 Å². The molecule has 0 fully saturated rings. The number of carbonyl (C=O) groups excluding carboxylic acids is 2. The van der Waals surface area contributed by atoms with Gasteiger partial charge in [-0.05, 0) is 31.0 Å². The van der Waals surface area contributed by atoms with Crippen LogP contribution >= 0.6 is 15.9 Å². The van der Waals surface area contributed by atoms with Gasteiger partial charge in [-0.2, -0.15) is 0 Å². The molecule has 1 heterocycles. The molecule has 3 N–H and O–H groups in total. The first-order valence-corrected chi connectivity index (χ1v) is 10.3. The fourth-order valence-corrected chi connectivity index (χ4v) is 3.38. The molecule has 29 heavy (non-hydrogen) atoms. The third kappa shape index (κ3) is 6.71. The van der Waals surface area contributed by atoms with Crippen LogP contribution < -0.4 is 10.6 Å². The molecule has 2 rings (SSSR count). The average molecular weight is 469 g/mol. The highest BCUT2D eigenvalue weighted by atomic mass is 79.9. The Balaban J connectivity index is 2.36. The number of nitrogens with one attached hydrogen (secondary N) is 2. The van der Waals surface area contributed by atoms with Crippen molar-refractivity contribution >= 4 is 44.9 Å². The van der Waals surface area contributed by atoms with Crippen LogP contribution in [0.3, 0.4) is 0 Å². The van der Waals surface area contributed by atoms with Crippen molar-refractivity contribution in [3.05, 3.63) is 28.5 Å². The van der Waals surface area contributed by atoms with Gasteiger partial charge in [0.05, 0.1) is 12.3 Å².